The van der Waals surface area contributed by atoms with Crippen molar-refractivity contribution in [3.05, 3.63) is 11.6 Å². The highest BCUT2D eigenvalue weighted by Crippen LogP contribution is 2.39. The molecule has 1 atom stereocenters. The molecule has 0 aromatic heterocycles. The monoisotopic (exact) mass is 194 g/mol. The van der Waals surface area contributed by atoms with Crippen molar-refractivity contribution in [2.75, 3.05) is 0 Å². The molecule has 1 heteroatoms. The molecule has 0 aliphatic heterocycles. The topological polar surface area (TPSA) is 17.1 Å². The Morgan fingerprint density at radius 1 is 1.57 bits per heavy atom. The zero-order valence-corrected chi connectivity index (χ0v) is 9.89. The van der Waals surface area contributed by atoms with Crippen LogP contribution in [0, 0.1) is 11.3 Å². The van der Waals surface area contributed by atoms with Crippen LogP contribution in [0.1, 0.15) is 53.4 Å². The number of hydrogen-bond acceptors (Lipinski definition) is 1. The number of ketones is 1. The van der Waals surface area contributed by atoms with E-state index in [-0.39, 0.29) is 5.41 Å². The van der Waals surface area contributed by atoms with Gasteiger partial charge in [0, 0.05) is 6.42 Å². The van der Waals surface area contributed by atoms with E-state index in [9.17, 15) is 4.79 Å². The molecule has 0 saturated carbocycles. The summed E-state index contributed by atoms with van der Waals surface area (Å²) in [5.74, 6) is 1.01. The summed E-state index contributed by atoms with van der Waals surface area (Å²) in [6.45, 7) is 8.36. The molecule has 0 N–H and O–H groups in total. The van der Waals surface area contributed by atoms with Crippen molar-refractivity contribution >= 4 is 5.78 Å². The molecule has 0 radical (unpaired) electrons. The highest BCUT2D eigenvalue weighted by molar-refractivity contribution is 5.76. The molecular weight excluding hydrogens is 172 g/mol. The molecule has 0 bridgehead atoms. The summed E-state index contributed by atoms with van der Waals surface area (Å²) >= 11 is 0. The summed E-state index contributed by atoms with van der Waals surface area (Å²) in [4.78, 5) is 11.2. The summed E-state index contributed by atoms with van der Waals surface area (Å²) in [5.41, 5.74) is 1.70. The minimum Gasteiger partial charge on any atom is -0.300 e. The van der Waals surface area contributed by atoms with Gasteiger partial charge in [0.25, 0.3) is 0 Å². The second kappa shape index (κ2) is 4.29. The maximum absolute atomic E-state index is 11.2. The molecule has 1 unspecified atom stereocenters. The molecule has 1 nitrogen and oxygen atoms in total. The van der Waals surface area contributed by atoms with Gasteiger partial charge in [-0.05, 0) is 44.4 Å². The van der Waals surface area contributed by atoms with Crippen molar-refractivity contribution in [1.82, 2.24) is 0 Å². The first-order valence-corrected chi connectivity index (χ1v) is 5.57. The van der Waals surface area contributed by atoms with E-state index in [1.807, 2.05) is 0 Å². The third kappa shape index (κ3) is 2.97. The maximum atomic E-state index is 11.2. The Hall–Kier alpha value is -0.590. The molecule has 1 aliphatic carbocycles. The number of rotatable bonds is 3. The van der Waals surface area contributed by atoms with Crippen LogP contribution in [0.2, 0.25) is 0 Å². The van der Waals surface area contributed by atoms with E-state index < -0.39 is 0 Å². The molecular formula is C13H22O. The zero-order valence-electron chi connectivity index (χ0n) is 9.89. The van der Waals surface area contributed by atoms with E-state index >= 15 is 0 Å². The predicted octanol–water partition coefficient (Wildman–Crippen LogP) is 3.74. The molecule has 1 aliphatic rings. The quantitative estimate of drug-likeness (QED) is 0.625. The van der Waals surface area contributed by atoms with Gasteiger partial charge < -0.3 is 4.79 Å². The first kappa shape index (κ1) is 11.5. The van der Waals surface area contributed by atoms with Gasteiger partial charge in [-0.1, -0.05) is 25.5 Å². The number of carbonyl (C=O) groups is 1. The lowest BCUT2D eigenvalue weighted by Gasteiger charge is -2.35. The van der Waals surface area contributed by atoms with Crippen molar-refractivity contribution in [3.8, 4) is 0 Å². The molecule has 0 spiro atoms. The molecule has 0 aromatic carbocycles. The van der Waals surface area contributed by atoms with E-state index in [2.05, 4.69) is 26.8 Å². The largest absolute Gasteiger partial charge is 0.300 e. The average Bonchev–Trinajstić information content (AvgIpc) is 2.02. The van der Waals surface area contributed by atoms with E-state index in [1.165, 1.54) is 18.4 Å². The van der Waals surface area contributed by atoms with Gasteiger partial charge >= 0.3 is 0 Å². The lowest BCUT2D eigenvalue weighted by molar-refractivity contribution is -0.119. The van der Waals surface area contributed by atoms with Crippen LogP contribution in [0.5, 0.6) is 0 Å². The Bertz CT molecular complexity index is 248. The number of Topliss-reactive ketones (excluding diaryl/α,β-unsaturated/α-hetero) is 1. The van der Waals surface area contributed by atoms with Crippen LogP contribution in [-0.4, -0.2) is 5.78 Å². The molecule has 80 valence electrons. The van der Waals surface area contributed by atoms with E-state index in [0.717, 1.165) is 12.8 Å². The maximum Gasteiger partial charge on any atom is 0.130 e. The zero-order chi connectivity index (χ0) is 10.8. The summed E-state index contributed by atoms with van der Waals surface area (Å²) < 4.78 is 0. The average molecular weight is 194 g/mol. The minimum absolute atomic E-state index is 0.184. The lowest BCUT2D eigenvalue weighted by atomic mass is 9.69. The van der Waals surface area contributed by atoms with Crippen LogP contribution in [0.3, 0.4) is 0 Å². The number of carbonyl (C=O) groups excluding carboxylic acids is 1. The van der Waals surface area contributed by atoms with E-state index in [1.54, 1.807) is 6.92 Å². The van der Waals surface area contributed by atoms with Crippen LogP contribution in [0.4, 0.5) is 0 Å². The van der Waals surface area contributed by atoms with Gasteiger partial charge in [-0.2, -0.15) is 0 Å². The Balaban J connectivity index is 2.60. The van der Waals surface area contributed by atoms with Gasteiger partial charge in [-0.3, -0.25) is 0 Å². The summed E-state index contributed by atoms with van der Waals surface area (Å²) in [6.07, 6.45) is 6.70. The van der Waals surface area contributed by atoms with Crippen molar-refractivity contribution in [2.24, 2.45) is 11.3 Å². The fourth-order valence-corrected chi connectivity index (χ4v) is 2.46. The second-order valence-electron chi connectivity index (χ2n) is 5.39. The SMILES string of the molecule is CC(=O)CC(C)(C)C1CC=C(C)CC1. The van der Waals surface area contributed by atoms with Crippen molar-refractivity contribution in [2.45, 2.75) is 53.4 Å². The van der Waals surface area contributed by atoms with Crippen LogP contribution < -0.4 is 0 Å². The molecule has 1 rings (SSSR count). The van der Waals surface area contributed by atoms with Crippen LogP contribution >= 0.6 is 0 Å². The normalized spacial score (nSPS) is 23.1. The van der Waals surface area contributed by atoms with Crippen molar-refractivity contribution in [1.29, 1.82) is 0 Å². The summed E-state index contributed by atoms with van der Waals surface area (Å²) in [5, 5.41) is 0. The molecule has 0 fully saturated rings. The lowest BCUT2D eigenvalue weighted by Crippen LogP contribution is -2.27. The van der Waals surface area contributed by atoms with Gasteiger partial charge in [0.2, 0.25) is 0 Å². The first-order chi connectivity index (χ1) is 6.42. The smallest absolute Gasteiger partial charge is 0.130 e. The van der Waals surface area contributed by atoms with Gasteiger partial charge in [-0.25, -0.2) is 0 Å². The van der Waals surface area contributed by atoms with Crippen molar-refractivity contribution in [3.63, 3.8) is 0 Å². The summed E-state index contributed by atoms with van der Waals surface area (Å²) in [7, 11) is 0. The van der Waals surface area contributed by atoms with Crippen LogP contribution in [0.15, 0.2) is 11.6 Å². The summed E-state index contributed by atoms with van der Waals surface area (Å²) in [6, 6.07) is 0. The van der Waals surface area contributed by atoms with Gasteiger partial charge in [0.1, 0.15) is 5.78 Å². The Kier molecular flexibility index (Phi) is 3.52. The van der Waals surface area contributed by atoms with E-state index in [0.29, 0.717) is 11.7 Å². The molecule has 0 heterocycles. The first-order valence-electron chi connectivity index (χ1n) is 5.57. The molecule has 0 saturated heterocycles. The van der Waals surface area contributed by atoms with E-state index in [4.69, 9.17) is 0 Å². The minimum atomic E-state index is 0.184. The molecule has 0 aromatic rings. The number of hydrogen-bond donors (Lipinski definition) is 0. The van der Waals surface area contributed by atoms with Crippen molar-refractivity contribution < 1.29 is 4.79 Å². The van der Waals surface area contributed by atoms with Gasteiger partial charge in [0.15, 0.2) is 0 Å². The molecule has 0 amide bonds. The second-order valence-corrected chi connectivity index (χ2v) is 5.39. The third-order valence-corrected chi connectivity index (χ3v) is 3.45. The fraction of sp³-hybridized carbons (Fsp3) is 0.769. The Morgan fingerprint density at radius 3 is 2.64 bits per heavy atom. The molecule has 14 heavy (non-hydrogen) atoms. The van der Waals surface area contributed by atoms with Gasteiger partial charge in [-0.15, -0.1) is 0 Å². The van der Waals surface area contributed by atoms with Crippen LogP contribution in [-0.2, 0) is 4.79 Å². The Labute approximate surface area is 87.6 Å². The fourth-order valence-electron chi connectivity index (χ4n) is 2.46. The highest BCUT2D eigenvalue weighted by Gasteiger charge is 2.30. The Morgan fingerprint density at radius 2 is 2.21 bits per heavy atom. The number of allylic oxidation sites excluding steroid dienone is 2. The highest BCUT2D eigenvalue weighted by atomic mass is 16.1. The third-order valence-electron chi connectivity index (χ3n) is 3.45. The van der Waals surface area contributed by atoms with Crippen LogP contribution in [0.25, 0.3) is 0 Å². The van der Waals surface area contributed by atoms with Gasteiger partial charge in [0.05, 0.1) is 0 Å². The predicted molar refractivity (Wildman–Crippen MR) is 60.2 cm³/mol. The standard InChI is InChI=1S/C13H22O/c1-10-5-7-12(8-6-10)13(3,4)9-11(2)14/h5,12H,6-9H2,1-4H3.